The first-order valence-electron chi connectivity index (χ1n) is 11.4. The van der Waals surface area contributed by atoms with Gasteiger partial charge in [0.1, 0.15) is 29.5 Å². The Labute approximate surface area is 214 Å². The van der Waals surface area contributed by atoms with Crippen LogP contribution in [-0.2, 0) is 31.6 Å². The second-order valence-electron chi connectivity index (χ2n) is 8.76. The number of fused-ring (bicyclic) bond motifs is 1. The van der Waals surface area contributed by atoms with Crippen LogP contribution in [0, 0.1) is 5.82 Å². The maximum atomic E-state index is 15.3. The monoisotopic (exact) mass is 530 g/mol. The standard InChI is InChI=1S/C24H27FN6O5S/c1-29(2)20-7-5-15(13-28-20)31(37(34)35)18-9-11-30(23(18)32)19(24(33)36-3)12-14-4-6-17-16(21(14)25)8-10-27-22(17)26/h4-8,10,13,18-19,37H,9,11-12H2,1-3H3,(H2,26,27)/t18-,19+/m0/s1. The minimum Gasteiger partial charge on any atom is -0.467 e. The maximum Gasteiger partial charge on any atom is 0.328 e. The first-order valence-corrected chi connectivity index (χ1v) is 12.5. The average Bonchev–Trinajstić information content (AvgIpc) is 3.24. The summed E-state index contributed by atoms with van der Waals surface area (Å²) in [7, 11) is 1.57. The molecule has 0 saturated carbocycles. The number of ether oxygens (including phenoxy) is 1. The first-order chi connectivity index (χ1) is 17.6. The van der Waals surface area contributed by atoms with Gasteiger partial charge in [0.25, 0.3) is 0 Å². The summed E-state index contributed by atoms with van der Waals surface area (Å²) in [6.07, 6.45) is 2.72. The molecule has 2 aromatic heterocycles. The SMILES string of the molecule is COC(=O)[C@@H](Cc1ccc2c(N)nccc2c1F)N1CC[C@H](N(c2ccc(N(C)C)nc2)[SH](=O)=O)C1=O. The van der Waals surface area contributed by atoms with Crippen LogP contribution in [0.2, 0.25) is 0 Å². The number of anilines is 3. The zero-order chi connectivity index (χ0) is 26.9. The summed E-state index contributed by atoms with van der Waals surface area (Å²) in [5, 5.41) is 0.668. The van der Waals surface area contributed by atoms with Gasteiger partial charge in [0, 0.05) is 44.0 Å². The van der Waals surface area contributed by atoms with E-state index in [1.165, 1.54) is 36.5 Å². The molecule has 196 valence electrons. The number of nitrogen functional groups attached to an aromatic ring is 1. The molecule has 1 aliphatic heterocycles. The number of carbonyl (C=O) groups is 2. The molecule has 37 heavy (non-hydrogen) atoms. The van der Waals surface area contributed by atoms with E-state index in [9.17, 15) is 18.0 Å². The molecular weight excluding hydrogens is 503 g/mol. The Kier molecular flexibility index (Phi) is 7.43. The summed E-state index contributed by atoms with van der Waals surface area (Å²) in [5.74, 6) is -1.12. The van der Waals surface area contributed by atoms with Crippen molar-refractivity contribution in [2.45, 2.75) is 24.9 Å². The van der Waals surface area contributed by atoms with Crippen molar-refractivity contribution in [2.75, 3.05) is 42.7 Å². The number of methoxy groups -OCH3 is 1. The third-order valence-electron chi connectivity index (χ3n) is 6.39. The number of nitrogens with two attached hydrogens (primary N) is 1. The summed E-state index contributed by atoms with van der Waals surface area (Å²) in [6.45, 7) is 0.0816. The predicted octanol–water partition coefficient (Wildman–Crippen LogP) is 1.14. The lowest BCUT2D eigenvalue weighted by molar-refractivity contribution is -0.151. The molecule has 11 nitrogen and oxygen atoms in total. The van der Waals surface area contributed by atoms with Crippen LogP contribution in [0.1, 0.15) is 12.0 Å². The van der Waals surface area contributed by atoms with Gasteiger partial charge in [-0.1, -0.05) is 12.1 Å². The van der Waals surface area contributed by atoms with Gasteiger partial charge < -0.3 is 20.3 Å². The Bertz CT molecular complexity index is 1410. The summed E-state index contributed by atoms with van der Waals surface area (Å²) in [5.41, 5.74) is 6.24. The number of halogens is 1. The molecule has 0 spiro atoms. The van der Waals surface area contributed by atoms with Crippen molar-refractivity contribution in [3.05, 3.63) is 54.1 Å². The van der Waals surface area contributed by atoms with E-state index in [1.807, 2.05) is 0 Å². The third kappa shape index (κ3) is 4.99. The van der Waals surface area contributed by atoms with Crippen LogP contribution in [0.25, 0.3) is 10.8 Å². The molecule has 2 atom stereocenters. The predicted molar refractivity (Wildman–Crippen MR) is 137 cm³/mol. The largest absolute Gasteiger partial charge is 0.467 e. The number of pyridine rings is 2. The number of nitrogens with zero attached hydrogens (tertiary/aromatic N) is 5. The molecule has 2 N–H and O–H groups in total. The number of hydrogen-bond donors (Lipinski definition) is 2. The van der Waals surface area contributed by atoms with Crippen LogP contribution in [0.3, 0.4) is 0 Å². The van der Waals surface area contributed by atoms with Gasteiger partial charge in [-0.25, -0.2) is 27.6 Å². The van der Waals surface area contributed by atoms with E-state index in [-0.39, 0.29) is 41.8 Å². The smallest absolute Gasteiger partial charge is 0.328 e. The highest BCUT2D eigenvalue weighted by Crippen LogP contribution is 2.29. The van der Waals surface area contributed by atoms with E-state index in [1.54, 1.807) is 37.2 Å². The molecule has 1 fully saturated rings. The van der Waals surface area contributed by atoms with Crippen molar-refractivity contribution in [1.29, 1.82) is 0 Å². The van der Waals surface area contributed by atoms with Gasteiger partial charge >= 0.3 is 5.97 Å². The molecular formula is C24H27FN6O5S. The van der Waals surface area contributed by atoms with E-state index in [0.717, 1.165) is 4.31 Å². The van der Waals surface area contributed by atoms with Crippen molar-refractivity contribution >= 4 is 50.9 Å². The normalized spacial score (nSPS) is 16.3. The Morgan fingerprint density at radius 2 is 1.97 bits per heavy atom. The molecule has 13 heteroatoms. The third-order valence-corrected chi connectivity index (χ3v) is 7.25. The molecule has 3 heterocycles. The molecule has 1 aliphatic rings. The van der Waals surface area contributed by atoms with Crippen LogP contribution >= 0.6 is 0 Å². The van der Waals surface area contributed by atoms with Crippen molar-refractivity contribution in [2.24, 2.45) is 0 Å². The van der Waals surface area contributed by atoms with Gasteiger partial charge in [-0.3, -0.25) is 9.10 Å². The summed E-state index contributed by atoms with van der Waals surface area (Å²) >= 11 is 0. The summed E-state index contributed by atoms with van der Waals surface area (Å²) < 4.78 is 45.7. The second-order valence-corrected chi connectivity index (χ2v) is 9.67. The maximum absolute atomic E-state index is 15.3. The number of thiol groups is 1. The lowest BCUT2D eigenvalue weighted by atomic mass is 10.0. The summed E-state index contributed by atoms with van der Waals surface area (Å²) in [6, 6.07) is 5.54. The number of aromatic nitrogens is 2. The highest BCUT2D eigenvalue weighted by Gasteiger charge is 2.43. The van der Waals surface area contributed by atoms with Gasteiger partial charge in [0.05, 0.1) is 19.0 Å². The zero-order valence-electron chi connectivity index (χ0n) is 20.5. The molecule has 0 unspecified atom stereocenters. The van der Waals surface area contributed by atoms with Crippen LogP contribution in [0.5, 0.6) is 0 Å². The van der Waals surface area contributed by atoms with E-state index in [0.29, 0.717) is 11.2 Å². The number of benzene rings is 1. The Balaban J connectivity index is 1.64. The minimum absolute atomic E-state index is 0.0816. The van der Waals surface area contributed by atoms with Gasteiger partial charge in [0.15, 0.2) is 0 Å². The average molecular weight is 531 g/mol. The molecule has 1 amide bonds. The van der Waals surface area contributed by atoms with Gasteiger partial charge in [0.2, 0.25) is 16.8 Å². The van der Waals surface area contributed by atoms with Gasteiger partial charge in [-0.05, 0) is 30.2 Å². The molecule has 0 bridgehead atoms. The van der Waals surface area contributed by atoms with E-state index < -0.39 is 40.7 Å². The van der Waals surface area contributed by atoms with Crippen molar-refractivity contribution in [3.63, 3.8) is 0 Å². The molecule has 1 aromatic carbocycles. The Hall–Kier alpha value is -4.00. The second kappa shape index (κ2) is 10.5. The van der Waals surface area contributed by atoms with Gasteiger partial charge in [-0.15, -0.1) is 0 Å². The molecule has 0 aliphatic carbocycles. The summed E-state index contributed by atoms with van der Waals surface area (Å²) in [4.78, 5) is 37.4. The lowest BCUT2D eigenvalue weighted by Crippen LogP contribution is -2.48. The lowest BCUT2D eigenvalue weighted by Gasteiger charge is -2.28. The minimum atomic E-state index is -3.20. The fourth-order valence-electron chi connectivity index (χ4n) is 4.50. The number of esters is 1. The van der Waals surface area contributed by atoms with E-state index >= 15 is 4.39 Å². The van der Waals surface area contributed by atoms with Crippen molar-refractivity contribution < 1.29 is 27.1 Å². The quantitative estimate of drug-likeness (QED) is 0.324. The van der Waals surface area contributed by atoms with Crippen LogP contribution in [-0.4, -0.2) is 75.0 Å². The number of likely N-dealkylation sites (tertiary alicyclic amines) is 1. The Morgan fingerprint density at radius 1 is 1.22 bits per heavy atom. The van der Waals surface area contributed by atoms with E-state index in [2.05, 4.69) is 9.97 Å². The topological polar surface area (TPSA) is 139 Å². The first kappa shape index (κ1) is 26.1. The fraction of sp³-hybridized carbons (Fsp3) is 0.333. The number of amides is 1. The highest BCUT2D eigenvalue weighted by atomic mass is 32.2. The molecule has 4 rings (SSSR count). The molecule has 0 radical (unpaired) electrons. The number of rotatable bonds is 8. The van der Waals surface area contributed by atoms with Crippen molar-refractivity contribution in [3.8, 4) is 0 Å². The van der Waals surface area contributed by atoms with Crippen LogP contribution in [0.15, 0.2) is 42.7 Å². The highest BCUT2D eigenvalue weighted by molar-refractivity contribution is 7.74. The zero-order valence-corrected chi connectivity index (χ0v) is 21.4. The fourth-order valence-corrected chi connectivity index (χ4v) is 5.25. The van der Waals surface area contributed by atoms with Gasteiger partial charge in [-0.2, -0.15) is 0 Å². The number of carbonyl (C=O) groups excluding carboxylic acids is 2. The molecule has 1 saturated heterocycles. The van der Waals surface area contributed by atoms with Crippen LogP contribution in [0.4, 0.5) is 21.7 Å². The van der Waals surface area contributed by atoms with E-state index in [4.69, 9.17) is 10.5 Å². The molecule has 3 aromatic rings. The Morgan fingerprint density at radius 3 is 2.59 bits per heavy atom. The van der Waals surface area contributed by atoms with Crippen LogP contribution < -0.4 is 14.9 Å². The number of hydrogen-bond acceptors (Lipinski definition) is 9. The van der Waals surface area contributed by atoms with Crippen molar-refractivity contribution in [1.82, 2.24) is 14.9 Å².